The lowest BCUT2D eigenvalue weighted by atomic mass is 9.79. The van der Waals surface area contributed by atoms with Crippen molar-refractivity contribution in [3.63, 3.8) is 0 Å². The van der Waals surface area contributed by atoms with Gasteiger partial charge in [0.1, 0.15) is 0 Å². The molecule has 1 aliphatic carbocycles. The third-order valence-electron chi connectivity index (χ3n) is 5.10. The van der Waals surface area contributed by atoms with Gasteiger partial charge in [-0.15, -0.1) is 0 Å². The molecule has 0 amide bonds. The number of ether oxygens (including phenoxy) is 2. The molecule has 1 fully saturated rings. The zero-order valence-corrected chi connectivity index (χ0v) is 17.4. The Hall–Kier alpha value is -1.06. The summed E-state index contributed by atoms with van der Waals surface area (Å²) in [5.41, 5.74) is 0. The zero-order chi connectivity index (χ0) is 19.4. The Labute approximate surface area is 160 Å². The molecule has 0 aliphatic heterocycles. The van der Waals surface area contributed by atoms with Crippen LogP contribution >= 0.6 is 0 Å². The molecule has 0 bridgehead atoms. The SMILES string of the molecule is CC(C)CCCCCCCOC(=O)C1CCCCC1C(=O)OCC(C)C. The molecule has 0 aromatic heterocycles. The highest BCUT2D eigenvalue weighted by Crippen LogP contribution is 2.32. The second kappa shape index (κ2) is 13.2. The van der Waals surface area contributed by atoms with Crippen molar-refractivity contribution in [1.29, 1.82) is 0 Å². The standard InChI is InChI=1S/C22H40O4/c1-17(2)12-8-6-5-7-11-15-25-21(23)19-13-9-10-14-20(19)22(24)26-16-18(3)4/h17-20H,5-16H2,1-4H3. The maximum absolute atomic E-state index is 12.4. The molecular formula is C22H40O4. The summed E-state index contributed by atoms with van der Waals surface area (Å²) in [6, 6.07) is 0. The molecule has 4 heteroatoms. The Morgan fingerprint density at radius 2 is 1.31 bits per heavy atom. The van der Waals surface area contributed by atoms with Crippen molar-refractivity contribution < 1.29 is 19.1 Å². The van der Waals surface area contributed by atoms with E-state index in [-0.39, 0.29) is 23.8 Å². The highest BCUT2D eigenvalue weighted by molar-refractivity contribution is 5.82. The van der Waals surface area contributed by atoms with E-state index in [1.54, 1.807) is 0 Å². The Morgan fingerprint density at radius 3 is 1.88 bits per heavy atom. The van der Waals surface area contributed by atoms with Gasteiger partial charge in [0, 0.05) is 0 Å². The van der Waals surface area contributed by atoms with Crippen molar-refractivity contribution in [3.05, 3.63) is 0 Å². The van der Waals surface area contributed by atoms with Crippen molar-refractivity contribution in [2.24, 2.45) is 23.7 Å². The average molecular weight is 369 g/mol. The molecule has 2 unspecified atom stereocenters. The minimum absolute atomic E-state index is 0.198. The summed E-state index contributed by atoms with van der Waals surface area (Å²) < 4.78 is 10.9. The average Bonchev–Trinajstić information content (AvgIpc) is 2.61. The van der Waals surface area contributed by atoms with Crippen LogP contribution in [0.3, 0.4) is 0 Å². The number of hydrogen-bond acceptors (Lipinski definition) is 4. The Morgan fingerprint density at radius 1 is 0.769 bits per heavy atom. The molecule has 0 spiro atoms. The third kappa shape index (κ3) is 9.59. The number of carbonyl (C=O) groups is 2. The van der Waals surface area contributed by atoms with Crippen molar-refractivity contribution >= 4 is 11.9 Å². The fourth-order valence-electron chi connectivity index (χ4n) is 3.52. The Balaban J connectivity index is 2.25. The van der Waals surface area contributed by atoms with E-state index < -0.39 is 0 Å². The summed E-state index contributed by atoms with van der Waals surface area (Å²) in [6.07, 6.45) is 10.5. The number of rotatable bonds is 12. The molecule has 4 nitrogen and oxygen atoms in total. The predicted molar refractivity (Wildman–Crippen MR) is 105 cm³/mol. The van der Waals surface area contributed by atoms with Crippen LogP contribution < -0.4 is 0 Å². The predicted octanol–water partition coefficient (Wildman–Crippen LogP) is 5.53. The highest BCUT2D eigenvalue weighted by Gasteiger charge is 2.37. The normalized spacial score (nSPS) is 20.4. The van der Waals surface area contributed by atoms with E-state index in [1.807, 2.05) is 13.8 Å². The van der Waals surface area contributed by atoms with Crippen molar-refractivity contribution in [2.45, 2.75) is 91.9 Å². The molecule has 2 atom stereocenters. The lowest BCUT2D eigenvalue weighted by Crippen LogP contribution is -2.35. The van der Waals surface area contributed by atoms with Crippen LogP contribution in [0.15, 0.2) is 0 Å². The number of esters is 2. The van der Waals surface area contributed by atoms with E-state index in [9.17, 15) is 9.59 Å². The molecule has 0 radical (unpaired) electrons. The van der Waals surface area contributed by atoms with Crippen LogP contribution in [0.1, 0.15) is 91.9 Å². The first kappa shape index (κ1) is 23.0. The molecule has 0 aromatic carbocycles. The maximum atomic E-state index is 12.4. The molecule has 0 N–H and O–H groups in total. The summed E-state index contributed by atoms with van der Waals surface area (Å²) in [5, 5.41) is 0. The summed E-state index contributed by atoms with van der Waals surface area (Å²) in [6.45, 7) is 9.46. The first-order chi connectivity index (χ1) is 12.4. The molecule has 0 heterocycles. The molecule has 1 aliphatic rings. The summed E-state index contributed by atoms with van der Waals surface area (Å²) in [7, 11) is 0. The van der Waals surface area contributed by atoms with Gasteiger partial charge >= 0.3 is 11.9 Å². The van der Waals surface area contributed by atoms with Crippen LogP contribution in [0.5, 0.6) is 0 Å². The van der Waals surface area contributed by atoms with Gasteiger partial charge in [0.05, 0.1) is 25.0 Å². The second-order valence-electron chi connectivity index (χ2n) is 8.64. The summed E-state index contributed by atoms with van der Waals surface area (Å²) >= 11 is 0. The van der Waals surface area contributed by atoms with Crippen LogP contribution in [0.4, 0.5) is 0 Å². The van der Waals surface area contributed by atoms with Crippen molar-refractivity contribution in [3.8, 4) is 0 Å². The van der Waals surface area contributed by atoms with Crippen LogP contribution in [-0.4, -0.2) is 25.2 Å². The quantitative estimate of drug-likeness (QED) is 0.335. The van der Waals surface area contributed by atoms with Crippen molar-refractivity contribution in [2.75, 3.05) is 13.2 Å². The van der Waals surface area contributed by atoms with Crippen LogP contribution in [-0.2, 0) is 19.1 Å². The maximum Gasteiger partial charge on any atom is 0.309 e. The molecule has 0 saturated heterocycles. The monoisotopic (exact) mass is 368 g/mol. The van der Waals surface area contributed by atoms with Crippen LogP contribution in [0.2, 0.25) is 0 Å². The molecule has 1 saturated carbocycles. The molecule has 152 valence electrons. The first-order valence-corrected chi connectivity index (χ1v) is 10.7. The lowest BCUT2D eigenvalue weighted by Gasteiger charge is -2.28. The number of hydrogen-bond donors (Lipinski definition) is 0. The molecular weight excluding hydrogens is 328 g/mol. The van der Waals surface area contributed by atoms with Gasteiger partial charge in [0.25, 0.3) is 0 Å². The largest absolute Gasteiger partial charge is 0.465 e. The Kier molecular flexibility index (Phi) is 11.6. The minimum Gasteiger partial charge on any atom is -0.465 e. The van der Waals surface area contributed by atoms with Gasteiger partial charge in [-0.05, 0) is 31.1 Å². The van der Waals surface area contributed by atoms with Gasteiger partial charge in [0.15, 0.2) is 0 Å². The first-order valence-electron chi connectivity index (χ1n) is 10.7. The fraction of sp³-hybridized carbons (Fsp3) is 0.909. The van der Waals surface area contributed by atoms with Gasteiger partial charge in [-0.3, -0.25) is 9.59 Å². The third-order valence-corrected chi connectivity index (χ3v) is 5.10. The second-order valence-corrected chi connectivity index (χ2v) is 8.64. The molecule has 1 rings (SSSR count). The summed E-state index contributed by atoms with van der Waals surface area (Å²) in [5.74, 6) is 0.0575. The number of carbonyl (C=O) groups excluding carboxylic acids is 2. The van der Waals surface area contributed by atoms with E-state index in [1.165, 1.54) is 25.7 Å². The van der Waals surface area contributed by atoms with Gasteiger partial charge in [0.2, 0.25) is 0 Å². The lowest BCUT2D eigenvalue weighted by molar-refractivity contribution is -0.163. The van der Waals surface area contributed by atoms with Crippen LogP contribution in [0, 0.1) is 23.7 Å². The number of unbranched alkanes of at least 4 members (excludes halogenated alkanes) is 4. The van der Waals surface area contributed by atoms with Gasteiger partial charge in [-0.1, -0.05) is 72.6 Å². The van der Waals surface area contributed by atoms with E-state index in [4.69, 9.17) is 9.47 Å². The minimum atomic E-state index is -0.314. The van der Waals surface area contributed by atoms with Gasteiger partial charge < -0.3 is 9.47 Å². The van der Waals surface area contributed by atoms with E-state index in [2.05, 4.69) is 13.8 Å². The topological polar surface area (TPSA) is 52.6 Å². The highest BCUT2D eigenvalue weighted by atomic mass is 16.5. The molecule has 0 aromatic rings. The Bertz CT molecular complexity index is 403. The van der Waals surface area contributed by atoms with E-state index in [0.717, 1.165) is 44.4 Å². The van der Waals surface area contributed by atoms with Crippen molar-refractivity contribution in [1.82, 2.24) is 0 Å². The fourth-order valence-corrected chi connectivity index (χ4v) is 3.52. The molecule has 26 heavy (non-hydrogen) atoms. The van der Waals surface area contributed by atoms with Gasteiger partial charge in [-0.2, -0.15) is 0 Å². The smallest absolute Gasteiger partial charge is 0.309 e. The zero-order valence-electron chi connectivity index (χ0n) is 17.4. The summed E-state index contributed by atoms with van der Waals surface area (Å²) in [4.78, 5) is 24.7. The van der Waals surface area contributed by atoms with E-state index in [0.29, 0.717) is 19.1 Å². The van der Waals surface area contributed by atoms with Gasteiger partial charge in [-0.25, -0.2) is 0 Å². The van der Waals surface area contributed by atoms with E-state index >= 15 is 0 Å². The van der Waals surface area contributed by atoms with Crippen LogP contribution in [0.25, 0.3) is 0 Å².